The Balaban J connectivity index is 1.61. The van der Waals surface area contributed by atoms with Crippen molar-refractivity contribution in [2.75, 3.05) is 14.1 Å². The van der Waals surface area contributed by atoms with E-state index >= 15 is 0 Å². The van der Waals surface area contributed by atoms with Crippen LogP contribution in [-0.2, 0) is 16.1 Å². The van der Waals surface area contributed by atoms with Gasteiger partial charge in [0.15, 0.2) is 0 Å². The van der Waals surface area contributed by atoms with E-state index in [-0.39, 0.29) is 24.1 Å². The van der Waals surface area contributed by atoms with Gasteiger partial charge in [0.2, 0.25) is 11.8 Å². The molecule has 2 aliphatic rings. The number of carbonyl (C=O) groups excluding carboxylic acids is 4. The first-order chi connectivity index (χ1) is 13.8. The number of pyridine rings is 1. The van der Waals surface area contributed by atoms with Crippen molar-refractivity contribution < 1.29 is 19.2 Å². The summed E-state index contributed by atoms with van der Waals surface area (Å²) in [6, 6.07) is 9.97. The Morgan fingerprint density at radius 1 is 1.17 bits per heavy atom. The molecule has 4 rings (SSSR count). The topological polar surface area (TPSA) is 99.7 Å². The molecule has 148 valence electrons. The van der Waals surface area contributed by atoms with Crippen LogP contribution in [0.5, 0.6) is 0 Å². The van der Waals surface area contributed by atoms with Gasteiger partial charge < -0.3 is 9.80 Å². The number of imide groups is 1. The van der Waals surface area contributed by atoms with Gasteiger partial charge in [-0.3, -0.25) is 24.5 Å². The third-order valence-electron chi connectivity index (χ3n) is 5.19. The molecule has 0 bridgehead atoms. The molecule has 1 atom stereocenters. The summed E-state index contributed by atoms with van der Waals surface area (Å²) < 4.78 is 0. The molecule has 1 N–H and O–H groups in total. The second-order valence-electron chi connectivity index (χ2n) is 7.38. The van der Waals surface area contributed by atoms with E-state index in [1.165, 1.54) is 9.80 Å². The summed E-state index contributed by atoms with van der Waals surface area (Å²) in [5, 5.41) is 2.30. The molecule has 0 spiro atoms. The summed E-state index contributed by atoms with van der Waals surface area (Å²) in [6.45, 7) is 0.296. The summed E-state index contributed by atoms with van der Waals surface area (Å²) >= 11 is 0. The first kappa shape index (κ1) is 18.8. The fourth-order valence-corrected chi connectivity index (χ4v) is 3.68. The predicted molar refractivity (Wildman–Crippen MR) is 104 cm³/mol. The summed E-state index contributed by atoms with van der Waals surface area (Å²) in [5.74, 6) is -1.15. The summed E-state index contributed by atoms with van der Waals surface area (Å²) in [6.07, 6.45) is 0.548. The Morgan fingerprint density at radius 3 is 2.69 bits per heavy atom. The highest BCUT2D eigenvalue weighted by atomic mass is 16.2. The number of nitrogens with zero attached hydrogens (tertiary/aromatic N) is 3. The van der Waals surface area contributed by atoms with Crippen molar-refractivity contribution in [2.24, 2.45) is 0 Å². The molecule has 29 heavy (non-hydrogen) atoms. The molecule has 8 heteroatoms. The van der Waals surface area contributed by atoms with Crippen molar-refractivity contribution >= 4 is 23.6 Å². The molecular weight excluding hydrogens is 372 g/mol. The van der Waals surface area contributed by atoms with Crippen LogP contribution in [0, 0.1) is 0 Å². The lowest BCUT2D eigenvalue weighted by molar-refractivity contribution is -0.136. The molecule has 1 aromatic heterocycles. The Kier molecular flexibility index (Phi) is 4.62. The van der Waals surface area contributed by atoms with Crippen LogP contribution < -0.4 is 5.32 Å². The Labute approximate surface area is 167 Å². The molecule has 8 nitrogen and oxygen atoms in total. The number of hydrogen-bond donors (Lipinski definition) is 1. The van der Waals surface area contributed by atoms with E-state index in [0.29, 0.717) is 29.9 Å². The number of benzene rings is 1. The molecule has 1 unspecified atom stereocenters. The second kappa shape index (κ2) is 7.12. The number of piperidine rings is 1. The van der Waals surface area contributed by atoms with Gasteiger partial charge in [0.1, 0.15) is 11.7 Å². The van der Waals surface area contributed by atoms with Crippen LogP contribution in [0.2, 0.25) is 0 Å². The largest absolute Gasteiger partial charge is 0.343 e. The van der Waals surface area contributed by atoms with Crippen molar-refractivity contribution in [3.05, 3.63) is 53.2 Å². The summed E-state index contributed by atoms with van der Waals surface area (Å²) in [4.78, 5) is 55.9. The normalized spacial score (nSPS) is 18.5. The SMILES string of the molecule is CN(C)C(=O)c1cccc(-c2ccc3c(c2)CN(C2CCC(=O)NC2=O)C3=O)n1. The standard InChI is InChI=1S/C21H20N4O4/c1-24(2)21(29)16-5-3-4-15(22-16)12-6-7-14-13(10-12)11-25(20(14)28)17-8-9-18(26)23-19(17)27/h3-7,10,17H,8-9,11H2,1-2H3,(H,23,26,27). The van der Waals surface area contributed by atoms with E-state index in [4.69, 9.17) is 0 Å². The van der Waals surface area contributed by atoms with Gasteiger partial charge in [-0.2, -0.15) is 0 Å². The minimum Gasteiger partial charge on any atom is -0.343 e. The van der Waals surface area contributed by atoms with Crippen LogP contribution in [0.4, 0.5) is 0 Å². The van der Waals surface area contributed by atoms with Gasteiger partial charge in [0.05, 0.1) is 5.69 Å². The number of amides is 4. The van der Waals surface area contributed by atoms with Gasteiger partial charge in [-0.15, -0.1) is 0 Å². The van der Waals surface area contributed by atoms with E-state index < -0.39 is 11.9 Å². The molecule has 4 amide bonds. The minimum absolute atomic E-state index is 0.188. The molecule has 3 heterocycles. The van der Waals surface area contributed by atoms with E-state index in [1.807, 2.05) is 12.1 Å². The average molecular weight is 392 g/mol. The van der Waals surface area contributed by atoms with Gasteiger partial charge in [-0.25, -0.2) is 4.98 Å². The van der Waals surface area contributed by atoms with Gasteiger partial charge >= 0.3 is 0 Å². The van der Waals surface area contributed by atoms with Gasteiger partial charge in [0, 0.05) is 38.2 Å². The van der Waals surface area contributed by atoms with Crippen LogP contribution in [0.25, 0.3) is 11.3 Å². The van der Waals surface area contributed by atoms with Gasteiger partial charge in [-0.05, 0) is 36.2 Å². The Bertz CT molecular complexity index is 1050. The number of aromatic nitrogens is 1. The first-order valence-electron chi connectivity index (χ1n) is 9.32. The van der Waals surface area contributed by atoms with Crippen molar-refractivity contribution in [2.45, 2.75) is 25.4 Å². The predicted octanol–water partition coefficient (Wildman–Crippen LogP) is 1.21. The van der Waals surface area contributed by atoms with Crippen molar-refractivity contribution in [3.63, 3.8) is 0 Å². The molecule has 0 saturated carbocycles. The van der Waals surface area contributed by atoms with Crippen LogP contribution in [0.15, 0.2) is 36.4 Å². The highest BCUT2D eigenvalue weighted by Gasteiger charge is 2.39. The smallest absolute Gasteiger partial charge is 0.271 e. The molecule has 0 radical (unpaired) electrons. The number of rotatable bonds is 3. The quantitative estimate of drug-likeness (QED) is 0.792. The van der Waals surface area contributed by atoms with Crippen molar-refractivity contribution in [1.82, 2.24) is 20.1 Å². The monoisotopic (exact) mass is 392 g/mol. The van der Waals surface area contributed by atoms with E-state index in [1.54, 1.807) is 38.4 Å². The molecule has 1 saturated heterocycles. The maximum Gasteiger partial charge on any atom is 0.271 e. The number of hydrogen-bond acceptors (Lipinski definition) is 5. The lowest BCUT2D eigenvalue weighted by Gasteiger charge is -2.29. The molecule has 2 aliphatic heterocycles. The van der Waals surface area contributed by atoms with Crippen LogP contribution >= 0.6 is 0 Å². The number of carbonyl (C=O) groups is 4. The van der Waals surface area contributed by atoms with Crippen LogP contribution in [-0.4, -0.2) is 58.5 Å². The summed E-state index contributed by atoms with van der Waals surface area (Å²) in [7, 11) is 3.34. The summed E-state index contributed by atoms with van der Waals surface area (Å²) in [5.41, 5.74) is 3.10. The maximum atomic E-state index is 12.8. The van der Waals surface area contributed by atoms with E-state index in [9.17, 15) is 19.2 Å². The second-order valence-corrected chi connectivity index (χ2v) is 7.38. The fourth-order valence-electron chi connectivity index (χ4n) is 3.68. The molecule has 1 fully saturated rings. The maximum absolute atomic E-state index is 12.8. The first-order valence-corrected chi connectivity index (χ1v) is 9.32. The molecule has 0 aliphatic carbocycles. The zero-order chi connectivity index (χ0) is 20.7. The fraction of sp³-hybridized carbons (Fsp3) is 0.286. The average Bonchev–Trinajstić information content (AvgIpc) is 3.03. The Morgan fingerprint density at radius 2 is 1.97 bits per heavy atom. The molecular formula is C21H20N4O4. The highest BCUT2D eigenvalue weighted by Crippen LogP contribution is 2.30. The number of nitrogens with one attached hydrogen (secondary N) is 1. The minimum atomic E-state index is -0.643. The van der Waals surface area contributed by atoms with Crippen molar-refractivity contribution in [3.8, 4) is 11.3 Å². The van der Waals surface area contributed by atoms with Gasteiger partial charge in [0.25, 0.3) is 11.8 Å². The van der Waals surface area contributed by atoms with Crippen molar-refractivity contribution in [1.29, 1.82) is 0 Å². The Hall–Kier alpha value is -3.55. The highest BCUT2D eigenvalue weighted by molar-refractivity contribution is 6.05. The zero-order valence-corrected chi connectivity index (χ0v) is 16.1. The third kappa shape index (κ3) is 3.37. The lowest BCUT2D eigenvalue weighted by atomic mass is 10.0. The lowest BCUT2D eigenvalue weighted by Crippen LogP contribution is -2.52. The van der Waals surface area contributed by atoms with Crippen LogP contribution in [0.3, 0.4) is 0 Å². The number of fused-ring (bicyclic) bond motifs is 1. The van der Waals surface area contributed by atoms with E-state index in [0.717, 1.165) is 11.1 Å². The third-order valence-corrected chi connectivity index (χ3v) is 5.19. The van der Waals surface area contributed by atoms with E-state index in [2.05, 4.69) is 10.3 Å². The molecule has 2 aromatic rings. The zero-order valence-electron chi connectivity index (χ0n) is 16.1. The van der Waals surface area contributed by atoms with Crippen LogP contribution in [0.1, 0.15) is 39.3 Å². The molecule has 1 aromatic carbocycles. The van der Waals surface area contributed by atoms with Gasteiger partial charge in [-0.1, -0.05) is 12.1 Å².